The summed E-state index contributed by atoms with van der Waals surface area (Å²) in [5.41, 5.74) is 1.22. The van der Waals surface area contributed by atoms with Crippen molar-refractivity contribution in [2.45, 2.75) is 25.8 Å². The zero-order valence-corrected chi connectivity index (χ0v) is 13.5. The van der Waals surface area contributed by atoms with Crippen molar-refractivity contribution in [1.29, 1.82) is 0 Å². The van der Waals surface area contributed by atoms with Crippen LogP contribution in [0.1, 0.15) is 24.8 Å². The third-order valence-corrected chi connectivity index (χ3v) is 4.19. The number of aromatic nitrogens is 2. The molecule has 0 spiro atoms. The van der Waals surface area contributed by atoms with E-state index in [1.807, 2.05) is 18.2 Å². The van der Waals surface area contributed by atoms with Gasteiger partial charge in [0.15, 0.2) is 0 Å². The number of piperidine rings is 1. The number of benzene rings is 1. The van der Waals surface area contributed by atoms with E-state index in [-0.39, 0.29) is 0 Å². The van der Waals surface area contributed by atoms with Crippen LogP contribution >= 0.6 is 15.9 Å². The fourth-order valence-corrected chi connectivity index (χ4v) is 3.03. The molecule has 21 heavy (non-hydrogen) atoms. The van der Waals surface area contributed by atoms with Crippen molar-refractivity contribution in [2.75, 3.05) is 23.3 Å². The fraction of sp³-hybridized carbons (Fsp3) is 0.375. The number of hydrogen-bond donors (Lipinski definition) is 1. The van der Waals surface area contributed by atoms with Crippen LogP contribution in [0.4, 0.5) is 11.6 Å². The van der Waals surface area contributed by atoms with Crippen molar-refractivity contribution in [1.82, 2.24) is 9.97 Å². The van der Waals surface area contributed by atoms with Gasteiger partial charge in [-0.1, -0.05) is 28.1 Å². The van der Waals surface area contributed by atoms with Gasteiger partial charge in [0.1, 0.15) is 18.0 Å². The second kappa shape index (κ2) is 6.89. The first-order valence-corrected chi connectivity index (χ1v) is 8.16. The van der Waals surface area contributed by atoms with E-state index in [1.165, 1.54) is 24.8 Å². The first-order chi connectivity index (χ1) is 10.3. The number of nitrogens with zero attached hydrogens (tertiary/aromatic N) is 3. The van der Waals surface area contributed by atoms with Gasteiger partial charge in [0.25, 0.3) is 0 Å². The highest BCUT2D eigenvalue weighted by Gasteiger charge is 2.12. The van der Waals surface area contributed by atoms with E-state index in [0.717, 1.165) is 35.7 Å². The summed E-state index contributed by atoms with van der Waals surface area (Å²) in [6.45, 7) is 2.96. The Morgan fingerprint density at radius 2 is 1.95 bits per heavy atom. The Morgan fingerprint density at radius 3 is 2.76 bits per heavy atom. The lowest BCUT2D eigenvalue weighted by molar-refractivity contribution is 0.573. The van der Waals surface area contributed by atoms with Gasteiger partial charge in [-0.25, -0.2) is 9.97 Å². The molecule has 1 aromatic heterocycles. The first kappa shape index (κ1) is 14.3. The monoisotopic (exact) mass is 346 g/mol. The molecule has 1 aliphatic heterocycles. The molecule has 0 amide bonds. The molecule has 4 nitrogen and oxygen atoms in total. The molecule has 1 saturated heterocycles. The molecule has 1 fully saturated rings. The van der Waals surface area contributed by atoms with Crippen LogP contribution in [-0.2, 0) is 6.54 Å². The third kappa shape index (κ3) is 3.94. The van der Waals surface area contributed by atoms with Crippen LogP contribution in [0.25, 0.3) is 0 Å². The van der Waals surface area contributed by atoms with Gasteiger partial charge in [0.05, 0.1) is 0 Å². The highest BCUT2D eigenvalue weighted by Crippen LogP contribution is 2.19. The molecule has 2 heterocycles. The Hall–Kier alpha value is -1.62. The van der Waals surface area contributed by atoms with Crippen molar-refractivity contribution in [3.8, 4) is 0 Å². The molecule has 0 atom stereocenters. The molecule has 1 N–H and O–H groups in total. The maximum Gasteiger partial charge on any atom is 0.134 e. The Morgan fingerprint density at radius 1 is 1.10 bits per heavy atom. The molecule has 0 unspecified atom stereocenters. The molecule has 1 aliphatic rings. The largest absolute Gasteiger partial charge is 0.366 e. The van der Waals surface area contributed by atoms with Crippen LogP contribution < -0.4 is 10.2 Å². The van der Waals surface area contributed by atoms with Gasteiger partial charge in [-0.05, 0) is 37.0 Å². The fourth-order valence-electron chi connectivity index (χ4n) is 2.58. The molecule has 0 saturated carbocycles. The van der Waals surface area contributed by atoms with Crippen LogP contribution in [0.15, 0.2) is 41.1 Å². The smallest absolute Gasteiger partial charge is 0.134 e. The van der Waals surface area contributed by atoms with Crippen LogP contribution in [0.5, 0.6) is 0 Å². The van der Waals surface area contributed by atoms with Gasteiger partial charge in [-0.2, -0.15) is 0 Å². The minimum absolute atomic E-state index is 0.760. The Kier molecular flexibility index (Phi) is 4.70. The quantitative estimate of drug-likeness (QED) is 0.912. The second-order valence-corrected chi connectivity index (χ2v) is 6.21. The molecule has 0 bridgehead atoms. The van der Waals surface area contributed by atoms with Gasteiger partial charge in [0.2, 0.25) is 0 Å². The average molecular weight is 347 g/mol. The number of hydrogen-bond acceptors (Lipinski definition) is 4. The number of rotatable bonds is 4. The lowest BCUT2D eigenvalue weighted by atomic mass is 10.1. The van der Waals surface area contributed by atoms with Crippen molar-refractivity contribution < 1.29 is 0 Å². The Labute approximate surface area is 133 Å². The normalized spacial score (nSPS) is 15.0. The number of halogens is 1. The van der Waals surface area contributed by atoms with Gasteiger partial charge in [0, 0.05) is 30.2 Å². The minimum atomic E-state index is 0.760. The molecule has 0 aliphatic carbocycles. The van der Waals surface area contributed by atoms with E-state index in [2.05, 4.69) is 48.2 Å². The summed E-state index contributed by atoms with van der Waals surface area (Å²) in [4.78, 5) is 11.1. The Balaban J connectivity index is 1.65. The first-order valence-electron chi connectivity index (χ1n) is 7.36. The van der Waals surface area contributed by atoms with Gasteiger partial charge in [-0.15, -0.1) is 0 Å². The maximum atomic E-state index is 4.40. The molecule has 2 aromatic rings. The zero-order chi connectivity index (χ0) is 14.5. The van der Waals surface area contributed by atoms with Crippen LogP contribution in [0, 0.1) is 0 Å². The topological polar surface area (TPSA) is 41.0 Å². The van der Waals surface area contributed by atoms with Crippen molar-refractivity contribution in [2.24, 2.45) is 0 Å². The SMILES string of the molecule is Brc1cccc(CNc2cc(N3CCCCC3)ncn2)c1. The second-order valence-electron chi connectivity index (χ2n) is 5.29. The molecule has 1 aromatic carbocycles. The summed E-state index contributed by atoms with van der Waals surface area (Å²) in [7, 11) is 0. The summed E-state index contributed by atoms with van der Waals surface area (Å²) in [6, 6.07) is 10.3. The lowest BCUT2D eigenvalue weighted by Crippen LogP contribution is -2.30. The molecule has 5 heteroatoms. The van der Waals surface area contributed by atoms with E-state index in [9.17, 15) is 0 Å². The Bertz CT molecular complexity index is 596. The van der Waals surface area contributed by atoms with Gasteiger partial charge < -0.3 is 10.2 Å². The summed E-state index contributed by atoms with van der Waals surface area (Å²) >= 11 is 3.49. The van der Waals surface area contributed by atoms with E-state index < -0.39 is 0 Å². The van der Waals surface area contributed by atoms with E-state index in [4.69, 9.17) is 0 Å². The standard InChI is InChI=1S/C16H19BrN4/c17-14-6-4-5-13(9-14)11-18-15-10-16(20-12-19-15)21-7-2-1-3-8-21/h4-6,9-10,12H,1-3,7-8,11H2,(H,18,19,20). The highest BCUT2D eigenvalue weighted by molar-refractivity contribution is 9.10. The molecule has 3 rings (SSSR count). The van der Waals surface area contributed by atoms with Gasteiger partial charge in [-0.3, -0.25) is 0 Å². The van der Waals surface area contributed by atoms with Crippen LogP contribution in [0.2, 0.25) is 0 Å². The van der Waals surface area contributed by atoms with Crippen LogP contribution in [-0.4, -0.2) is 23.1 Å². The summed E-state index contributed by atoms with van der Waals surface area (Å²) in [5.74, 6) is 1.91. The maximum absolute atomic E-state index is 4.40. The lowest BCUT2D eigenvalue weighted by Gasteiger charge is -2.27. The zero-order valence-electron chi connectivity index (χ0n) is 11.9. The molecular weight excluding hydrogens is 328 g/mol. The number of nitrogens with one attached hydrogen (secondary N) is 1. The number of anilines is 2. The summed E-state index contributed by atoms with van der Waals surface area (Å²) in [6.07, 6.45) is 5.48. The average Bonchev–Trinajstić information content (AvgIpc) is 2.54. The molecular formula is C16H19BrN4. The summed E-state index contributed by atoms with van der Waals surface area (Å²) < 4.78 is 1.10. The van der Waals surface area contributed by atoms with Gasteiger partial charge >= 0.3 is 0 Å². The van der Waals surface area contributed by atoms with E-state index in [1.54, 1.807) is 6.33 Å². The van der Waals surface area contributed by atoms with Crippen molar-refractivity contribution in [3.05, 3.63) is 46.7 Å². The third-order valence-electron chi connectivity index (χ3n) is 3.70. The van der Waals surface area contributed by atoms with Crippen molar-refractivity contribution >= 4 is 27.6 Å². The van der Waals surface area contributed by atoms with Crippen LogP contribution in [0.3, 0.4) is 0 Å². The minimum Gasteiger partial charge on any atom is -0.366 e. The highest BCUT2D eigenvalue weighted by atomic mass is 79.9. The van der Waals surface area contributed by atoms with E-state index in [0.29, 0.717) is 0 Å². The van der Waals surface area contributed by atoms with Crippen molar-refractivity contribution in [3.63, 3.8) is 0 Å². The predicted molar refractivity (Wildman–Crippen MR) is 89.6 cm³/mol. The summed E-state index contributed by atoms with van der Waals surface area (Å²) in [5, 5.41) is 3.37. The predicted octanol–water partition coefficient (Wildman–Crippen LogP) is 3.84. The van der Waals surface area contributed by atoms with E-state index >= 15 is 0 Å². The molecule has 110 valence electrons. The molecule has 0 radical (unpaired) electrons.